The van der Waals surface area contributed by atoms with E-state index in [0.717, 1.165) is 12.0 Å². The molecule has 1 spiro atoms. The van der Waals surface area contributed by atoms with Crippen molar-refractivity contribution in [3.63, 3.8) is 0 Å². The molecule has 41 heavy (non-hydrogen) atoms. The molecule has 1 saturated heterocycles. The molecule has 2 heterocycles. The second-order valence-corrected chi connectivity index (χ2v) is 14.9. The van der Waals surface area contributed by atoms with Gasteiger partial charge in [0.1, 0.15) is 0 Å². The van der Waals surface area contributed by atoms with Crippen LogP contribution in [-0.2, 0) is 26.5 Å². The lowest BCUT2D eigenvalue weighted by molar-refractivity contribution is -0.385. The van der Waals surface area contributed by atoms with Crippen LogP contribution < -0.4 is 9.80 Å². The number of anilines is 3. The monoisotopic (exact) mass is 577 g/mol. The van der Waals surface area contributed by atoms with E-state index >= 15 is 4.11 Å². The summed E-state index contributed by atoms with van der Waals surface area (Å²) in [6.07, 6.45) is 0.184. The molecule has 3 aromatic carbocycles. The zero-order chi connectivity index (χ0) is 29.5. The van der Waals surface area contributed by atoms with Crippen molar-refractivity contribution in [2.45, 2.75) is 50.2 Å². The number of aliphatic hydroxyl groups excluding tert-OH is 1. The smallest absolute Gasteiger partial charge is 0.269 e. The van der Waals surface area contributed by atoms with E-state index in [1.165, 1.54) is 21.9 Å². The first-order chi connectivity index (χ1) is 19.5. The lowest BCUT2D eigenvalue weighted by Gasteiger charge is -2.31. The van der Waals surface area contributed by atoms with Crippen LogP contribution in [0, 0.1) is 16.0 Å². The molecule has 0 aromatic heterocycles. The van der Waals surface area contributed by atoms with Crippen LogP contribution in [0.15, 0.2) is 72.8 Å². The van der Waals surface area contributed by atoms with Crippen molar-refractivity contribution < 1.29 is 28.5 Å². The zero-order valence-corrected chi connectivity index (χ0v) is 24.1. The van der Waals surface area contributed by atoms with Crippen LogP contribution in [0.4, 0.5) is 26.9 Å². The van der Waals surface area contributed by atoms with Gasteiger partial charge in [0, 0.05) is 47.1 Å². The number of hydrogen-bond donors (Lipinski definition) is 1. The molecule has 214 valence electrons. The van der Waals surface area contributed by atoms with Gasteiger partial charge in [-0.15, -0.1) is 0 Å². The third-order valence-corrected chi connectivity index (χ3v) is 10.7. The third-order valence-electron chi connectivity index (χ3n) is 8.26. The highest BCUT2D eigenvalue weighted by atomic mass is 28.4. The van der Waals surface area contributed by atoms with Gasteiger partial charge < -0.3 is 18.9 Å². The first-order valence-corrected chi connectivity index (χ1v) is 16.5. The number of non-ortho nitro benzene ring substituents is 1. The van der Waals surface area contributed by atoms with E-state index in [1.807, 2.05) is 42.5 Å². The summed E-state index contributed by atoms with van der Waals surface area (Å²) in [5, 5.41) is 21.4. The second kappa shape index (κ2) is 10.8. The Morgan fingerprint density at radius 1 is 1.12 bits per heavy atom. The van der Waals surface area contributed by atoms with Crippen LogP contribution >= 0.6 is 0 Å². The predicted molar refractivity (Wildman–Crippen MR) is 155 cm³/mol. The maximum absolute atomic E-state index is 15.7. The molecule has 0 bridgehead atoms. The van der Waals surface area contributed by atoms with Crippen molar-refractivity contribution in [1.29, 1.82) is 0 Å². The highest BCUT2D eigenvalue weighted by Crippen LogP contribution is 2.60. The Hall–Kier alpha value is -3.93. The first kappa shape index (κ1) is 28.6. The number of amides is 2. The molecule has 2 aliphatic rings. The van der Waals surface area contributed by atoms with Crippen molar-refractivity contribution in [3.05, 3.63) is 94.0 Å². The molecule has 2 amide bonds. The number of carbonyl (C=O) groups excluding carboxylic acids is 2. The van der Waals surface area contributed by atoms with Gasteiger partial charge in [0.15, 0.2) is 5.60 Å². The normalized spacial score (nSPS) is 23.6. The Bertz CT molecular complexity index is 1470. The Morgan fingerprint density at radius 3 is 2.37 bits per heavy atom. The number of aliphatic hydroxyl groups is 1. The van der Waals surface area contributed by atoms with E-state index in [1.54, 1.807) is 38.2 Å². The first-order valence-electron chi connectivity index (χ1n) is 13.5. The van der Waals surface area contributed by atoms with Crippen LogP contribution in [0.5, 0.6) is 0 Å². The highest BCUT2D eigenvalue weighted by Gasteiger charge is 2.66. The Balaban J connectivity index is 1.53. The number of ether oxygens (including phenoxy) is 1. The molecule has 11 heteroatoms. The summed E-state index contributed by atoms with van der Waals surface area (Å²) >= 11 is 0. The fourth-order valence-corrected chi connectivity index (χ4v) is 9.05. The fourth-order valence-electron chi connectivity index (χ4n) is 6.51. The lowest BCUT2D eigenvalue weighted by atomic mass is 9.82. The SMILES string of the molecule is C[C@H]1[C@H]([Si](C)(C)F)[C@@H](CCO)O[C@]12C(=O)N(Cc1ccc(N(C=O)c3ccccc3)cc1)c1ccc([N+](=O)[O-])cc12. The molecule has 1 fully saturated rings. The molecule has 0 saturated carbocycles. The molecule has 9 nitrogen and oxygen atoms in total. The van der Waals surface area contributed by atoms with Crippen molar-refractivity contribution in [3.8, 4) is 0 Å². The van der Waals surface area contributed by atoms with Gasteiger partial charge in [0.25, 0.3) is 11.6 Å². The van der Waals surface area contributed by atoms with Crippen molar-refractivity contribution in [2.75, 3.05) is 16.4 Å². The van der Waals surface area contributed by atoms with Crippen molar-refractivity contribution >= 4 is 43.5 Å². The molecular formula is C30H32FN3O6Si. The number of nitrogens with zero attached hydrogens (tertiary/aromatic N) is 3. The van der Waals surface area contributed by atoms with E-state index in [0.29, 0.717) is 22.6 Å². The summed E-state index contributed by atoms with van der Waals surface area (Å²) < 4.78 is 22.1. The molecule has 2 aliphatic heterocycles. The number of carbonyl (C=O) groups is 2. The molecular weight excluding hydrogens is 545 g/mol. The van der Waals surface area contributed by atoms with E-state index < -0.39 is 42.4 Å². The average molecular weight is 578 g/mol. The summed E-state index contributed by atoms with van der Waals surface area (Å²) in [5.74, 6) is -1.02. The summed E-state index contributed by atoms with van der Waals surface area (Å²) in [6.45, 7) is 4.80. The maximum atomic E-state index is 15.7. The van der Waals surface area contributed by atoms with Gasteiger partial charge >= 0.3 is 0 Å². The molecule has 4 atom stereocenters. The van der Waals surface area contributed by atoms with E-state index in [2.05, 4.69) is 0 Å². The van der Waals surface area contributed by atoms with Crippen LogP contribution in [0.2, 0.25) is 18.6 Å². The molecule has 5 rings (SSSR count). The Labute approximate surface area is 238 Å². The number of benzene rings is 3. The minimum atomic E-state index is -3.39. The van der Waals surface area contributed by atoms with Gasteiger partial charge in [-0.3, -0.25) is 24.6 Å². The summed E-state index contributed by atoms with van der Waals surface area (Å²) in [6, 6.07) is 20.6. The number of nitro benzene ring substituents is 1. The average Bonchev–Trinajstić information content (AvgIpc) is 3.37. The summed E-state index contributed by atoms with van der Waals surface area (Å²) in [5.41, 5.74) is 0.538. The number of fused-ring (bicyclic) bond motifs is 2. The van der Waals surface area contributed by atoms with Gasteiger partial charge in [0.2, 0.25) is 14.8 Å². The lowest BCUT2D eigenvalue weighted by Crippen LogP contribution is -2.45. The number of rotatable bonds is 9. The minimum Gasteiger partial charge on any atom is -0.396 e. The predicted octanol–water partition coefficient (Wildman–Crippen LogP) is 5.59. The topological polar surface area (TPSA) is 113 Å². The second-order valence-electron chi connectivity index (χ2n) is 11.1. The van der Waals surface area contributed by atoms with Crippen LogP contribution in [0.25, 0.3) is 0 Å². The van der Waals surface area contributed by atoms with Crippen molar-refractivity contribution in [2.24, 2.45) is 5.92 Å². The molecule has 3 aromatic rings. The fraction of sp³-hybridized carbons (Fsp3) is 0.333. The highest BCUT2D eigenvalue weighted by molar-refractivity contribution is 6.72. The zero-order valence-electron chi connectivity index (χ0n) is 23.1. The van der Waals surface area contributed by atoms with Gasteiger partial charge in [-0.25, -0.2) is 0 Å². The number of nitro groups is 1. The van der Waals surface area contributed by atoms with Crippen LogP contribution in [-0.4, -0.2) is 43.5 Å². The number of para-hydroxylation sites is 1. The Kier molecular flexibility index (Phi) is 7.53. The van der Waals surface area contributed by atoms with Gasteiger partial charge in [-0.2, -0.15) is 0 Å². The van der Waals surface area contributed by atoms with E-state index in [9.17, 15) is 24.8 Å². The van der Waals surface area contributed by atoms with Crippen LogP contribution in [0.1, 0.15) is 24.5 Å². The molecule has 0 radical (unpaired) electrons. The van der Waals surface area contributed by atoms with Gasteiger partial charge in [-0.05, 0) is 55.4 Å². The van der Waals surface area contributed by atoms with Crippen molar-refractivity contribution in [1.82, 2.24) is 0 Å². The van der Waals surface area contributed by atoms with Gasteiger partial charge in [0.05, 0.1) is 23.3 Å². The largest absolute Gasteiger partial charge is 0.396 e. The Morgan fingerprint density at radius 2 is 1.78 bits per heavy atom. The standard InChI is InChI=1S/C30H32FN3O6Si/c1-20-28(41(2,3)31)27(15-16-35)40-30(20)25-17-24(34(38)39)13-14-26(25)32(29(30)37)18-21-9-11-23(12-10-21)33(19-36)22-7-5-4-6-8-22/h4-14,17,19-20,27-28,35H,15-16,18H2,1-3H3/t20-,27+,28-,30+/m0/s1. The van der Waals surface area contributed by atoms with E-state index in [-0.39, 0.29) is 25.3 Å². The number of halogens is 1. The molecule has 0 unspecified atom stereocenters. The number of hydrogen-bond acceptors (Lipinski definition) is 6. The van der Waals surface area contributed by atoms with E-state index in [4.69, 9.17) is 4.74 Å². The summed E-state index contributed by atoms with van der Waals surface area (Å²) in [7, 11) is -3.39. The third kappa shape index (κ3) is 4.83. The minimum absolute atomic E-state index is 0.139. The quantitative estimate of drug-likeness (QED) is 0.117. The van der Waals surface area contributed by atoms with Gasteiger partial charge in [-0.1, -0.05) is 37.3 Å². The molecule has 1 N–H and O–H groups in total. The molecule has 0 aliphatic carbocycles. The summed E-state index contributed by atoms with van der Waals surface area (Å²) in [4.78, 5) is 40.4. The van der Waals surface area contributed by atoms with Crippen LogP contribution in [0.3, 0.4) is 0 Å². The maximum Gasteiger partial charge on any atom is 0.269 e.